The molecular weight excluding hydrogens is 250 g/mol. The quantitative estimate of drug-likeness (QED) is 0.859. The normalized spacial score (nSPS) is 25.4. The number of nitrogens with zero attached hydrogens (tertiary/aromatic N) is 2. The summed E-state index contributed by atoms with van der Waals surface area (Å²) in [6, 6.07) is 0.0990. The predicted octanol–water partition coefficient (Wildman–Crippen LogP) is 2.41. The fraction of sp³-hybridized carbons (Fsp3) is 0.938. The lowest BCUT2D eigenvalue weighted by Gasteiger charge is -2.35. The van der Waals surface area contributed by atoms with Gasteiger partial charge >= 0.3 is 6.03 Å². The highest BCUT2D eigenvalue weighted by atomic mass is 16.2. The maximum absolute atomic E-state index is 11.7. The third-order valence-corrected chi connectivity index (χ3v) is 5.05. The molecule has 0 aromatic heterocycles. The van der Waals surface area contributed by atoms with Gasteiger partial charge in [0.25, 0.3) is 0 Å². The summed E-state index contributed by atoms with van der Waals surface area (Å²) in [6.07, 6.45) is 5.16. The molecule has 2 aliphatic rings. The molecule has 116 valence electrons. The molecule has 4 heteroatoms. The first-order valence-corrected chi connectivity index (χ1v) is 8.29. The first-order chi connectivity index (χ1) is 9.60. The van der Waals surface area contributed by atoms with Crippen molar-refractivity contribution >= 4 is 6.03 Å². The Morgan fingerprint density at radius 2 is 1.80 bits per heavy atom. The third kappa shape index (κ3) is 4.11. The fourth-order valence-electron chi connectivity index (χ4n) is 3.60. The minimum absolute atomic E-state index is 0.0990. The second kappa shape index (κ2) is 7.30. The lowest BCUT2D eigenvalue weighted by atomic mass is 9.83. The van der Waals surface area contributed by atoms with Crippen LogP contribution in [0.15, 0.2) is 0 Å². The molecule has 0 aromatic rings. The molecule has 0 spiro atoms. The first-order valence-electron chi connectivity index (χ1n) is 8.29. The molecule has 0 aliphatic carbocycles. The summed E-state index contributed by atoms with van der Waals surface area (Å²) in [6.45, 7) is 10.3. The Kier molecular flexibility index (Phi) is 5.70. The minimum atomic E-state index is 0.0990. The van der Waals surface area contributed by atoms with Crippen molar-refractivity contribution < 1.29 is 4.79 Å². The van der Waals surface area contributed by atoms with Crippen molar-refractivity contribution in [1.29, 1.82) is 0 Å². The lowest BCUT2D eigenvalue weighted by Crippen LogP contribution is -2.39. The fourth-order valence-corrected chi connectivity index (χ4v) is 3.60. The van der Waals surface area contributed by atoms with Gasteiger partial charge in [-0.25, -0.2) is 4.79 Å². The van der Waals surface area contributed by atoms with Crippen LogP contribution in [0.5, 0.6) is 0 Å². The monoisotopic (exact) mass is 281 g/mol. The minimum Gasteiger partial charge on any atom is -0.341 e. The molecule has 1 atom stereocenters. The Morgan fingerprint density at radius 1 is 1.15 bits per heavy atom. The van der Waals surface area contributed by atoms with E-state index in [1.807, 2.05) is 4.90 Å². The molecule has 0 bridgehead atoms. The number of carbonyl (C=O) groups excluding carboxylic acids is 1. The van der Waals surface area contributed by atoms with Crippen LogP contribution in [0, 0.1) is 17.8 Å². The summed E-state index contributed by atoms with van der Waals surface area (Å²) >= 11 is 0. The van der Waals surface area contributed by atoms with Gasteiger partial charge in [-0.2, -0.15) is 0 Å². The zero-order chi connectivity index (χ0) is 14.5. The topological polar surface area (TPSA) is 35.6 Å². The van der Waals surface area contributed by atoms with E-state index in [-0.39, 0.29) is 6.03 Å². The van der Waals surface area contributed by atoms with Crippen LogP contribution in [0.4, 0.5) is 4.79 Å². The summed E-state index contributed by atoms with van der Waals surface area (Å²) in [7, 11) is 1.73. The van der Waals surface area contributed by atoms with Crippen LogP contribution >= 0.6 is 0 Å². The van der Waals surface area contributed by atoms with Crippen molar-refractivity contribution in [3.63, 3.8) is 0 Å². The number of carbonyl (C=O) groups is 1. The van der Waals surface area contributed by atoms with E-state index in [1.54, 1.807) is 7.05 Å². The second-order valence-corrected chi connectivity index (χ2v) is 6.91. The van der Waals surface area contributed by atoms with Crippen molar-refractivity contribution in [2.45, 2.75) is 39.5 Å². The van der Waals surface area contributed by atoms with Gasteiger partial charge in [0.15, 0.2) is 0 Å². The lowest BCUT2D eigenvalue weighted by molar-refractivity contribution is 0.142. The van der Waals surface area contributed by atoms with Crippen molar-refractivity contribution in [2.24, 2.45) is 17.8 Å². The largest absolute Gasteiger partial charge is 0.341 e. The molecule has 2 heterocycles. The van der Waals surface area contributed by atoms with E-state index in [9.17, 15) is 4.79 Å². The molecule has 2 saturated heterocycles. The first kappa shape index (κ1) is 15.6. The third-order valence-electron chi connectivity index (χ3n) is 5.05. The van der Waals surface area contributed by atoms with E-state index in [2.05, 4.69) is 24.1 Å². The molecule has 0 saturated carbocycles. The summed E-state index contributed by atoms with van der Waals surface area (Å²) in [5.74, 6) is 2.38. The molecular formula is C16H31N3O. The number of piperidine rings is 1. The molecule has 2 rings (SSSR count). The highest BCUT2D eigenvalue weighted by Gasteiger charge is 2.33. The Labute approximate surface area is 123 Å². The molecule has 2 fully saturated rings. The van der Waals surface area contributed by atoms with Crippen LogP contribution in [-0.2, 0) is 0 Å². The molecule has 1 N–H and O–H groups in total. The van der Waals surface area contributed by atoms with Crippen LogP contribution in [-0.4, -0.2) is 55.6 Å². The molecule has 2 amide bonds. The number of hydrogen-bond donors (Lipinski definition) is 1. The van der Waals surface area contributed by atoms with Crippen molar-refractivity contribution in [2.75, 3.05) is 39.8 Å². The maximum Gasteiger partial charge on any atom is 0.317 e. The number of rotatable bonds is 4. The summed E-state index contributed by atoms with van der Waals surface area (Å²) in [5, 5.41) is 2.74. The molecule has 2 aliphatic heterocycles. The van der Waals surface area contributed by atoms with Gasteiger partial charge in [0.2, 0.25) is 0 Å². The summed E-state index contributed by atoms with van der Waals surface area (Å²) in [5.41, 5.74) is 0. The smallest absolute Gasteiger partial charge is 0.317 e. The molecule has 1 unspecified atom stereocenters. The van der Waals surface area contributed by atoms with Gasteiger partial charge < -0.3 is 15.1 Å². The Bertz CT molecular complexity index is 311. The Morgan fingerprint density at radius 3 is 2.40 bits per heavy atom. The number of amides is 2. The van der Waals surface area contributed by atoms with Crippen LogP contribution in [0.2, 0.25) is 0 Å². The van der Waals surface area contributed by atoms with Gasteiger partial charge in [-0.15, -0.1) is 0 Å². The van der Waals surface area contributed by atoms with Gasteiger partial charge in [0.1, 0.15) is 0 Å². The number of nitrogens with one attached hydrogen (secondary N) is 1. The van der Waals surface area contributed by atoms with E-state index < -0.39 is 0 Å². The standard InChI is InChI=1S/C16H31N3O/c1-13(2)4-8-18-9-5-14(6-10-18)15-7-11-19(12-15)16(20)17-3/h13-15H,4-12H2,1-3H3,(H,17,20). The SMILES string of the molecule is CNC(=O)N1CCC(C2CCN(CCC(C)C)CC2)C1. The molecule has 0 radical (unpaired) electrons. The van der Waals surface area contributed by atoms with Gasteiger partial charge in [-0.1, -0.05) is 13.8 Å². The zero-order valence-corrected chi connectivity index (χ0v) is 13.4. The van der Waals surface area contributed by atoms with E-state index in [4.69, 9.17) is 0 Å². The van der Waals surface area contributed by atoms with E-state index in [1.165, 1.54) is 45.3 Å². The van der Waals surface area contributed by atoms with E-state index in [0.717, 1.165) is 30.8 Å². The highest BCUT2D eigenvalue weighted by Crippen LogP contribution is 2.31. The molecule has 0 aromatic carbocycles. The highest BCUT2D eigenvalue weighted by molar-refractivity contribution is 5.74. The average molecular weight is 281 g/mol. The zero-order valence-electron chi connectivity index (χ0n) is 13.4. The number of likely N-dealkylation sites (tertiary alicyclic amines) is 2. The van der Waals surface area contributed by atoms with Gasteiger partial charge in [-0.3, -0.25) is 0 Å². The van der Waals surface area contributed by atoms with Crippen LogP contribution in [0.3, 0.4) is 0 Å². The van der Waals surface area contributed by atoms with Crippen molar-refractivity contribution in [1.82, 2.24) is 15.1 Å². The maximum atomic E-state index is 11.7. The van der Waals surface area contributed by atoms with Crippen LogP contribution < -0.4 is 5.32 Å². The second-order valence-electron chi connectivity index (χ2n) is 6.91. The van der Waals surface area contributed by atoms with Crippen molar-refractivity contribution in [3.05, 3.63) is 0 Å². The molecule has 20 heavy (non-hydrogen) atoms. The number of urea groups is 1. The van der Waals surface area contributed by atoms with Gasteiger partial charge in [0, 0.05) is 20.1 Å². The molecule has 4 nitrogen and oxygen atoms in total. The van der Waals surface area contributed by atoms with Gasteiger partial charge in [-0.05, 0) is 63.1 Å². The summed E-state index contributed by atoms with van der Waals surface area (Å²) in [4.78, 5) is 16.3. The Hall–Kier alpha value is -0.770. The van der Waals surface area contributed by atoms with Crippen LogP contribution in [0.1, 0.15) is 39.5 Å². The average Bonchev–Trinajstić information content (AvgIpc) is 2.94. The predicted molar refractivity (Wildman–Crippen MR) is 82.8 cm³/mol. The van der Waals surface area contributed by atoms with Crippen molar-refractivity contribution in [3.8, 4) is 0 Å². The Balaban J connectivity index is 1.71. The summed E-state index contributed by atoms with van der Waals surface area (Å²) < 4.78 is 0. The van der Waals surface area contributed by atoms with E-state index in [0.29, 0.717) is 0 Å². The number of hydrogen-bond acceptors (Lipinski definition) is 2. The van der Waals surface area contributed by atoms with Crippen LogP contribution in [0.25, 0.3) is 0 Å². The van der Waals surface area contributed by atoms with Gasteiger partial charge in [0.05, 0.1) is 0 Å². The van der Waals surface area contributed by atoms with E-state index >= 15 is 0 Å².